The van der Waals surface area contributed by atoms with E-state index in [2.05, 4.69) is 20.4 Å². The Morgan fingerprint density at radius 2 is 2.10 bits per heavy atom. The minimum Gasteiger partial charge on any atom is -0.336 e. The topological polar surface area (TPSA) is 101 Å². The predicted molar refractivity (Wildman–Crippen MR) is 115 cm³/mol. The number of benzene rings is 1. The largest absolute Gasteiger partial charge is 0.336 e. The highest BCUT2D eigenvalue weighted by atomic mass is 16.5. The maximum atomic E-state index is 13.0. The van der Waals surface area contributed by atoms with Crippen molar-refractivity contribution in [3.63, 3.8) is 0 Å². The second-order valence-corrected chi connectivity index (χ2v) is 8.10. The molecular formula is C23H25N5O3. The fourth-order valence-electron chi connectivity index (χ4n) is 3.60. The zero-order valence-electron chi connectivity index (χ0n) is 17.8. The average molecular weight is 419 g/mol. The molecule has 1 aliphatic rings. The van der Waals surface area contributed by atoms with Crippen molar-refractivity contribution in [2.75, 3.05) is 11.9 Å². The van der Waals surface area contributed by atoms with Gasteiger partial charge in [0.05, 0.1) is 29.4 Å². The minimum atomic E-state index is -0.433. The molecule has 2 amide bonds. The lowest BCUT2D eigenvalue weighted by molar-refractivity contribution is -0.128. The summed E-state index contributed by atoms with van der Waals surface area (Å²) in [6, 6.07) is 11.2. The molecule has 1 fully saturated rings. The molecule has 0 radical (unpaired) electrons. The summed E-state index contributed by atoms with van der Waals surface area (Å²) in [5, 5.41) is 7.02. The molecule has 3 heterocycles. The van der Waals surface area contributed by atoms with E-state index < -0.39 is 5.92 Å². The molecule has 1 aromatic carbocycles. The first-order valence-corrected chi connectivity index (χ1v) is 10.3. The third kappa shape index (κ3) is 4.47. The highest BCUT2D eigenvalue weighted by Crippen LogP contribution is 2.32. The van der Waals surface area contributed by atoms with Crippen LogP contribution in [0.25, 0.3) is 11.5 Å². The highest BCUT2D eigenvalue weighted by Gasteiger charge is 2.35. The number of pyridine rings is 1. The van der Waals surface area contributed by atoms with Crippen LogP contribution in [0, 0.1) is 12.8 Å². The standard InChI is InChI=1S/C23H25N5O3/c1-14(2)21-26-23(31-27-21)18-9-6-7-15(3)20(18)25-22(30)16-11-19(29)28(12-16)13-17-8-4-5-10-24-17/h4-10,14,16H,11-13H2,1-3H3,(H,25,30). The lowest BCUT2D eigenvalue weighted by Crippen LogP contribution is -2.28. The Kier molecular flexibility index (Phi) is 5.79. The smallest absolute Gasteiger partial charge is 0.260 e. The number of amides is 2. The number of aryl methyl sites for hydroxylation is 1. The van der Waals surface area contributed by atoms with Crippen LogP contribution in [0.4, 0.5) is 5.69 Å². The Morgan fingerprint density at radius 1 is 1.26 bits per heavy atom. The molecule has 2 aromatic heterocycles. The second kappa shape index (κ2) is 8.67. The molecule has 0 bridgehead atoms. The molecule has 8 heteroatoms. The van der Waals surface area contributed by atoms with Crippen LogP contribution in [-0.2, 0) is 16.1 Å². The third-order valence-corrected chi connectivity index (χ3v) is 5.37. The molecule has 8 nitrogen and oxygen atoms in total. The van der Waals surface area contributed by atoms with Crippen LogP contribution in [-0.4, -0.2) is 38.4 Å². The van der Waals surface area contributed by atoms with Gasteiger partial charge in [0.2, 0.25) is 11.8 Å². The van der Waals surface area contributed by atoms with Crippen molar-refractivity contribution < 1.29 is 14.1 Å². The Bertz CT molecular complexity index is 1090. The number of anilines is 1. The minimum absolute atomic E-state index is 0.0470. The first-order chi connectivity index (χ1) is 14.9. The molecule has 1 aliphatic heterocycles. The van der Waals surface area contributed by atoms with Crippen LogP contribution in [0.5, 0.6) is 0 Å². The van der Waals surface area contributed by atoms with Crippen molar-refractivity contribution in [1.29, 1.82) is 0 Å². The van der Waals surface area contributed by atoms with Gasteiger partial charge in [0.15, 0.2) is 5.82 Å². The maximum Gasteiger partial charge on any atom is 0.260 e. The van der Waals surface area contributed by atoms with E-state index in [1.165, 1.54) is 0 Å². The number of carbonyl (C=O) groups excluding carboxylic acids is 2. The summed E-state index contributed by atoms with van der Waals surface area (Å²) in [7, 11) is 0. The summed E-state index contributed by atoms with van der Waals surface area (Å²) in [5.41, 5.74) is 2.98. The van der Waals surface area contributed by atoms with Gasteiger partial charge >= 0.3 is 0 Å². The SMILES string of the molecule is Cc1cccc(-c2nc(C(C)C)no2)c1NC(=O)C1CC(=O)N(Cc2ccccn2)C1. The van der Waals surface area contributed by atoms with E-state index in [1.54, 1.807) is 11.1 Å². The van der Waals surface area contributed by atoms with Gasteiger partial charge in [-0.2, -0.15) is 4.98 Å². The van der Waals surface area contributed by atoms with Crippen LogP contribution >= 0.6 is 0 Å². The van der Waals surface area contributed by atoms with Gasteiger partial charge in [-0.15, -0.1) is 0 Å². The molecule has 0 aliphatic carbocycles. The summed E-state index contributed by atoms with van der Waals surface area (Å²) in [6.07, 6.45) is 1.87. The molecule has 160 valence electrons. The van der Waals surface area contributed by atoms with Crippen LogP contribution in [0.3, 0.4) is 0 Å². The predicted octanol–water partition coefficient (Wildman–Crippen LogP) is 3.55. The van der Waals surface area contributed by atoms with Gasteiger partial charge < -0.3 is 14.7 Å². The maximum absolute atomic E-state index is 13.0. The number of nitrogens with zero attached hydrogens (tertiary/aromatic N) is 4. The van der Waals surface area contributed by atoms with Gasteiger partial charge in [0.1, 0.15) is 0 Å². The second-order valence-electron chi connectivity index (χ2n) is 8.10. The molecule has 1 unspecified atom stereocenters. The van der Waals surface area contributed by atoms with Crippen molar-refractivity contribution in [2.45, 2.75) is 39.7 Å². The Morgan fingerprint density at radius 3 is 2.81 bits per heavy atom. The van der Waals surface area contributed by atoms with Gasteiger partial charge in [-0.25, -0.2) is 0 Å². The summed E-state index contributed by atoms with van der Waals surface area (Å²) in [6.45, 7) is 6.65. The lowest BCUT2D eigenvalue weighted by atomic mass is 10.0. The van der Waals surface area contributed by atoms with Crippen molar-refractivity contribution in [1.82, 2.24) is 20.0 Å². The van der Waals surface area contributed by atoms with Crippen LogP contribution in [0.1, 0.15) is 43.3 Å². The Balaban J connectivity index is 1.50. The van der Waals surface area contributed by atoms with E-state index in [4.69, 9.17) is 4.52 Å². The Hall–Kier alpha value is -3.55. The zero-order chi connectivity index (χ0) is 22.0. The fourth-order valence-corrected chi connectivity index (χ4v) is 3.60. The van der Waals surface area contributed by atoms with Crippen LogP contribution in [0.2, 0.25) is 0 Å². The highest BCUT2D eigenvalue weighted by molar-refractivity contribution is 6.00. The number of nitrogens with one attached hydrogen (secondary N) is 1. The van der Waals surface area contributed by atoms with E-state index in [0.29, 0.717) is 36.1 Å². The first kappa shape index (κ1) is 20.7. The molecule has 0 saturated carbocycles. The molecule has 31 heavy (non-hydrogen) atoms. The summed E-state index contributed by atoms with van der Waals surface area (Å²) < 4.78 is 5.43. The molecule has 1 N–H and O–H groups in total. The first-order valence-electron chi connectivity index (χ1n) is 10.3. The van der Waals surface area contributed by atoms with E-state index in [-0.39, 0.29) is 24.2 Å². The number of carbonyl (C=O) groups is 2. The number of aromatic nitrogens is 3. The average Bonchev–Trinajstić information content (AvgIpc) is 3.38. The Labute approximate surface area is 180 Å². The zero-order valence-corrected chi connectivity index (χ0v) is 17.8. The van der Waals surface area contributed by atoms with E-state index in [0.717, 1.165) is 11.3 Å². The summed E-state index contributed by atoms with van der Waals surface area (Å²) >= 11 is 0. The summed E-state index contributed by atoms with van der Waals surface area (Å²) in [4.78, 5) is 35.9. The van der Waals surface area contributed by atoms with Crippen molar-refractivity contribution in [2.24, 2.45) is 5.92 Å². The molecule has 3 aromatic rings. The van der Waals surface area contributed by atoms with Gasteiger partial charge in [-0.1, -0.05) is 37.2 Å². The van der Waals surface area contributed by atoms with E-state index >= 15 is 0 Å². The van der Waals surface area contributed by atoms with Crippen molar-refractivity contribution >= 4 is 17.5 Å². The van der Waals surface area contributed by atoms with Crippen molar-refractivity contribution in [3.8, 4) is 11.5 Å². The molecule has 0 spiro atoms. The van der Waals surface area contributed by atoms with Gasteiger partial charge in [0, 0.05) is 25.1 Å². The number of rotatable bonds is 6. The number of hydrogen-bond donors (Lipinski definition) is 1. The van der Waals surface area contributed by atoms with Crippen LogP contribution < -0.4 is 5.32 Å². The quantitative estimate of drug-likeness (QED) is 0.656. The van der Waals surface area contributed by atoms with E-state index in [9.17, 15) is 9.59 Å². The monoisotopic (exact) mass is 419 g/mol. The van der Waals surface area contributed by atoms with Crippen LogP contribution in [0.15, 0.2) is 47.1 Å². The molecular weight excluding hydrogens is 394 g/mol. The van der Waals surface area contributed by atoms with Gasteiger partial charge in [-0.05, 0) is 30.7 Å². The fraction of sp³-hybridized carbons (Fsp3) is 0.348. The third-order valence-electron chi connectivity index (χ3n) is 5.37. The number of para-hydroxylation sites is 1. The van der Waals surface area contributed by atoms with Crippen molar-refractivity contribution in [3.05, 3.63) is 59.7 Å². The number of likely N-dealkylation sites (tertiary alicyclic amines) is 1. The molecule has 4 rings (SSSR count). The lowest BCUT2D eigenvalue weighted by Gasteiger charge is -2.17. The normalized spacial score (nSPS) is 16.2. The van der Waals surface area contributed by atoms with E-state index in [1.807, 2.05) is 57.2 Å². The van der Waals surface area contributed by atoms with Gasteiger partial charge in [0.25, 0.3) is 5.89 Å². The summed E-state index contributed by atoms with van der Waals surface area (Å²) in [5.74, 6) is 0.431. The number of hydrogen-bond acceptors (Lipinski definition) is 6. The van der Waals surface area contributed by atoms with Gasteiger partial charge in [-0.3, -0.25) is 14.6 Å². The molecule has 1 saturated heterocycles. The molecule has 1 atom stereocenters.